The normalized spacial score (nSPS) is 13.6. The molecule has 0 aliphatic carbocycles. The molecule has 3 aromatic rings. The number of halogens is 2. The molecule has 34 heavy (non-hydrogen) atoms. The number of carbonyl (C=O) groups excluding carboxylic acids is 1. The number of benzene rings is 2. The first-order valence-electron chi connectivity index (χ1n) is 11.5. The summed E-state index contributed by atoms with van der Waals surface area (Å²) in [6.45, 7) is 3.55. The summed E-state index contributed by atoms with van der Waals surface area (Å²) in [6, 6.07) is 12.5. The van der Waals surface area contributed by atoms with Gasteiger partial charge in [0.25, 0.3) is 0 Å². The van der Waals surface area contributed by atoms with Crippen molar-refractivity contribution in [2.75, 3.05) is 31.2 Å². The fourth-order valence-electron chi connectivity index (χ4n) is 4.24. The minimum atomic E-state index is -0.0804. The Morgan fingerprint density at radius 1 is 1.00 bits per heavy atom. The van der Waals surface area contributed by atoms with Gasteiger partial charge >= 0.3 is 0 Å². The van der Waals surface area contributed by atoms with Crippen molar-refractivity contribution in [3.8, 4) is 5.75 Å². The first-order valence-corrected chi connectivity index (χ1v) is 13.1. The zero-order valence-corrected chi connectivity index (χ0v) is 21.3. The fourth-order valence-corrected chi connectivity index (χ4v) is 5.70. The summed E-state index contributed by atoms with van der Waals surface area (Å²) in [5.74, 6) is 0.786. The van der Waals surface area contributed by atoms with Crippen LogP contribution in [0.3, 0.4) is 0 Å². The van der Waals surface area contributed by atoms with E-state index in [1.54, 1.807) is 18.2 Å². The molecule has 0 amide bonds. The zero-order chi connectivity index (χ0) is 24.1. The average molecular weight is 519 g/mol. The molecule has 0 saturated heterocycles. The fraction of sp³-hybridized carbons (Fsp3) is 0.346. The summed E-state index contributed by atoms with van der Waals surface area (Å²) in [5.41, 5.74) is 15.0. The summed E-state index contributed by atoms with van der Waals surface area (Å²) >= 11 is 13.6. The van der Waals surface area contributed by atoms with Crippen LogP contribution in [-0.4, -0.2) is 30.4 Å². The predicted molar refractivity (Wildman–Crippen MR) is 142 cm³/mol. The molecule has 0 atom stereocenters. The highest BCUT2D eigenvalue weighted by molar-refractivity contribution is 7.16. The predicted octanol–water partition coefficient (Wildman–Crippen LogP) is 6.45. The Morgan fingerprint density at radius 3 is 2.53 bits per heavy atom. The second-order valence-corrected chi connectivity index (χ2v) is 10.5. The van der Waals surface area contributed by atoms with Crippen molar-refractivity contribution in [1.82, 2.24) is 4.90 Å². The third-order valence-electron chi connectivity index (χ3n) is 6.09. The molecule has 2 heterocycles. The number of rotatable bonds is 10. The number of fused-ring (bicyclic) bond motifs is 1. The van der Waals surface area contributed by atoms with E-state index in [0.717, 1.165) is 68.9 Å². The topological polar surface area (TPSA) is 81.6 Å². The highest BCUT2D eigenvalue weighted by Crippen LogP contribution is 2.37. The summed E-state index contributed by atoms with van der Waals surface area (Å²) in [6.07, 6.45) is 5.33. The van der Waals surface area contributed by atoms with Crippen molar-refractivity contribution >= 4 is 51.0 Å². The van der Waals surface area contributed by atoms with Crippen LogP contribution in [0.5, 0.6) is 5.75 Å². The molecule has 1 aromatic heterocycles. The van der Waals surface area contributed by atoms with Crippen molar-refractivity contribution in [2.24, 2.45) is 0 Å². The third kappa shape index (κ3) is 6.05. The van der Waals surface area contributed by atoms with Gasteiger partial charge < -0.3 is 16.2 Å². The van der Waals surface area contributed by atoms with Crippen LogP contribution in [0, 0.1) is 0 Å². The van der Waals surface area contributed by atoms with Crippen LogP contribution in [-0.2, 0) is 13.0 Å². The molecule has 8 heteroatoms. The molecule has 2 aromatic carbocycles. The number of nitrogen functional groups attached to an aromatic ring is 2. The van der Waals surface area contributed by atoms with Gasteiger partial charge in [0.1, 0.15) is 5.75 Å². The van der Waals surface area contributed by atoms with E-state index >= 15 is 0 Å². The van der Waals surface area contributed by atoms with Crippen molar-refractivity contribution in [3.63, 3.8) is 0 Å². The summed E-state index contributed by atoms with van der Waals surface area (Å²) < 4.78 is 5.76. The Morgan fingerprint density at radius 2 is 1.76 bits per heavy atom. The standard InChI is InChI=1S/C26H29Cl2N3O2S/c27-21-10-5-17(15-22(21)28)25(32)24-20-11-13-31(16-23(20)34-26(24)30)12-3-1-2-4-14-33-19-8-6-18(29)7-9-19/h5-10,15H,1-4,11-14,16,29-30H2. The molecular weight excluding hydrogens is 489 g/mol. The van der Waals surface area contributed by atoms with E-state index in [1.807, 2.05) is 24.3 Å². The summed E-state index contributed by atoms with van der Waals surface area (Å²) in [7, 11) is 0. The van der Waals surface area contributed by atoms with Crippen molar-refractivity contribution in [2.45, 2.75) is 38.6 Å². The van der Waals surface area contributed by atoms with Crippen LogP contribution in [0.2, 0.25) is 10.0 Å². The summed E-state index contributed by atoms with van der Waals surface area (Å²) in [5, 5.41) is 1.39. The number of hydrogen-bond acceptors (Lipinski definition) is 6. The van der Waals surface area contributed by atoms with Gasteiger partial charge in [-0.25, -0.2) is 0 Å². The molecule has 5 nitrogen and oxygen atoms in total. The van der Waals surface area contributed by atoms with Crippen LogP contribution >= 0.6 is 34.5 Å². The van der Waals surface area contributed by atoms with Gasteiger partial charge in [-0.3, -0.25) is 9.69 Å². The largest absolute Gasteiger partial charge is 0.494 e. The number of hydrogen-bond donors (Lipinski definition) is 2. The third-order valence-corrected chi connectivity index (χ3v) is 7.87. The van der Waals surface area contributed by atoms with E-state index in [9.17, 15) is 4.79 Å². The van der Waals surface area contributed by atoms with Crippen LogP contribution < -0.4 is 16.2 Å². The van der Waals surface area contributed by atoms with Crippen LogP contribution in [0.4, 0.5) is 10.7 Å². The number of unbranched alkanes of at least 4 members (excludes halogenated alkanes) is 3. The van der Waals surface area contributed by atoms with E-state index in [2.05, 4.69) is 4.90 Å². The maximum atomic E-state index is 13.1. The second kappa shape index (κ2) is 11.5. The van der Waals surface area contributed by atoms with Crippen LogP contribution in [0.25, 0.3) is 0 Å². The zero-order valence-electron chi connectivity index (χ0n) is 19.0. The maximum Gasteiger partial charge on any atom is 0.196 e. The molecular formula is C26H29Cl2N3O2S. The molecule has 4 N–H and O–H groups in total. The van der Waals surface area contributed by atoms with Crippen LogP contribution in [0.1, 0.15) is 52.0 Å². The summed E-state index contributed by atoms with van der Waals surface area (Å²) in [4.78, 5) is 16.8. The Hall–Kier alpha value is -2.25. The number of nitrogens with zero attached hydrogens (tertiary/aromatic N) is 1. The van der Waals surface area contributed by atoms with Crippen molar-refractivity contribution in [3.05, 3.63) is 74.1 Å². The van der Waals surface area contributed by atoms with Gasteiger partial charge in [-0.2, -0.15) is 0 Å². The Labute approximate surface area is 214 Å². The molecule has 0 fully saturated rings. The molecule has 1 aliphatic rings. The molecule has 0 spiro atoms. The molecule has 0 radical (unpaired) electrons. The Kier molecular flexibility index (Phi) is 8.37. The molecule has 0 bridgehead atoms. The van der Waals surface area contributed by atoms with Gasteiger partial charge in [-0.1, -0.05) is 36.0 Å². The van der Waals surface area contributed by atoms with E-state index in [4.69, 9.17) is 39.4 Å². The van der Waals surface area contributed by atoms with Gasteiger partial charge in [0.05, 0.1) is 27.2 Å². The lowest BCUT2D eigenvalue weighted by molar-refractivity contribution is 0.103. The Balaban J connectivity index is 1.23. The minimum absolute atomic E-state index is 0.0804. The van der Waals surface area contributed by atoms with Crippen LogP contribution in [0.15, 0.2) is 42.5 Å². The SMILES string of the molecule is Nc1ccc(OCCCCCCN2CCc3c(sc(N)c3C(=O)c3ccc(Cl)c(Cl)c3)C2)cc1. The Bertz CT molecular complexity index is 1150. The lowest BCUT2D eigenvalue weighted by Crippen LogP contribution is -2.31. The molecule has 4 rings (SSSR count). The highest BCUT2D eigenvalue weighted by atomic mass is 35.5. The van der Waals surface area contributed by atoms with Gasteiger partial charge in [-0.15, -0.1) is 11.3 Å². The number of nitrogens with two attached hydrogens (primary N) is 2. The van der Waals surface area contributed by atoms with Gasteiger partial charge in [0, 0.05) is 29.2 Å². The molecule has 180 valence electrons. The van der Waals surface area contributed by atoms with Crippen molar-refractivity contribution in [1.29, 1.82) is 0 Å². The average Bonchev–Trinajstić information content (AvgIpc) is 3.15. The molecule has 0 saturated carbocycles. The van der Waals surface area contributed by atoms with E-state index in [1.165, 1.54) is 22.6 Å². The van der Waals surface area contributed by atoms with E-state index in [0.29, 0.717) is 26.2 Å². The smallest absolute Gasteiger partial charge is 0.196 e. The number of thiophene rings is 1. The highest BCUT2D eigenvalue weighted by Gasteiger charge is 2.27. The van der Waals surface area contributed by atoms with E-state index in [-0.39, 0.29) is 5.78 Å². The lowest BCUT2D eigenvalue weighted by atomic mass is 9.96. The number of ketones is 1. The van der Waals surface area contributed by atoms with Crippen molar-refractivity contribution < 1.29 is 9.53 Å². The first-order chi connectivity index (χ1) is 16.4. The maximum absolute atomic E-state index is 13.1. The molecule has 0 unspecified atom stereocenters. The second-order valence-electron chi connectivity index (χ2n) is 8.56. The number of anilines is 2. The lowest BCUT2D eigenvalue weighted by Gasteiger charge is -2.27. The monoisotopic (exact) mass is 517 g/mol. The number of ether oxygens (including phenoxy) is 1. The van der Waals surface area contributed by atoms with Gasteiger partial charge in [-0.05, 0) is 73.8 Å². The minimum Gasteiger partial charge on any atom is -0.494 e. The molecule has 1 aliphatic heterocycles. The van der Waals surface area contributed by atoms with E-state index < -0.39 is 0 Å². The quantitative estimate of drug-likeness (QED) is 0.183. The van der Waals surface area contributed by atoms with Gasteiger partial charge in [0.2, 0.25) is 0 Å². The number of carbonyl (C=O) groups is 1. The van der Waals surface area contributed by atoms with Gasteiger partial charge in [0.15, 0.2) is 5.78 Å². The first kappa shape index (κ1) is 24.9.